The lowest BCUT2D eigenvalue weighted by Crippen LogP contribution is -2.27. The lowest BCUT2D eigenvalue weighted by atomic mass is 10.0. The van der Waals surface area contributed by atoms with Gasteiger partial charge in [-0.2, -0.15) is 0 Å². The van der Waals surface area contributed by atoms with Gasteiger partial charge in [-0.05, 0) is 80.7 Å². The second kappa shape index (κ2) is 7.43. The molecular formula is C18H25IN2. The molecule has 0 amide bonds. The van der Waals surface area contributed by atoms with E-state index in [4.69, 9.17) is 0 Å². The highest BCUT2D eigenvalue weighted by Crippen LogP contribution is 2.21. The van der Waals surface area contributed by atoms with E-state index in [9.17, 15) is 0 Å². The number of aliphatic imine (C=N–C) groups is 1. The Morgan fingerprint density at radius 3 is 2.71 bits per heavy atom. The van der Waals surface area contributed by atoms with E-state index in [1.807, 2.05) is 6.34 Å². The van der Waals surface area contributed by atoms with Crippen molar-refractivity contribution in [2.24, 2.45) is 4.99 Å². The first kappa shape index (κ1) is 16.5. The van der Waals surface area contributed by atoms with Crippen molar-refractivity contribution in [1.82, 2.24) is 4.90 Å². The van der Waals surface area contributed by atoms with Crippen molar-refractivity contribution in [3.05, 3.63) is 45.2 Å². The molecular weight excluding hydrogens is 371 g/mol. The molecule has 3 heteroatoms. The smallest absolute Gasteiger partial charge is 0.0898 e. The second-order valence-corrected chi connectivity index (χ2v) is 7.70. The van der Waals surface area contributed by atoms with Crippen molar-refractivity contribution in [3.63, 3.8) is 0 Å². The molecule has 2 rings (SSSR count). The summed E-state index contributed by atoms with van der Waals surface area (Å²) in [7, 11) is 0. The Balaban J connectivity index is 2.01. The molecule has 0 saturated carbocycles. The van der Waals surface area contributed by atoms with Crippen LogP contribution in [0.2, 0.25) is 0 Å². The van der Waals surface area contributed by atoms with Crippen LogP contribution in [0.25, 0.3) is 0 Å². The Kier molecular flexibility index (Phi) is 5.85. The van der Waals surface area contributed by atoms with Crippen molar-refractivity contribution in [2.75, 3.05) is 6.54 Å². The summed E-state index contributed by atoms with van der Waals surface area (Å²) in [5.74, 6) is 0. The molecule has 21 heavy (non-hydrogen) atoms. The van der Waals surface area contributed by atoms with Crippen molar-refractivity contribution < 1.29 is 0 Å². The molecule has 1 aromatic carbocycles. The number of hydrogen-bond acceptors (Lipinski definition) is 1. The van der Waals surface area contributed by atoms with Crippen LogP contribution >= 0.6 is 22.6 Å². The summed E-state index contributed by atoms with van der Waals surface area (Å²) in [6, 6.07) is 8.65. The third kappa shape index (κ3) is 5.46. The van der Waals surface area contributed by atoms with Gasteiger partial charge in [-0.3, -0.25) is 4.99 Å². The first-order valence-corrected chi connectivity index (χ1v) is 8.78. The average molecular weight is 396 g/mol. The summed E-state index contributed by atoms with van der Waals surface area (Å²) in [6.07, 6.45) is 9.04. The summed E-state index contributed by atoms with van der Waals surface area (Å²) < 4.78 is 1.36. The van der Waals surface area contributed by atoms with Crippen molar-refractivity contribution in [2.45, 2.75) is 52.0 Å². The van der Waals surface area contributed by atoms with Crippen LogP contribution in [0.3, 0.4) is 0 Å². The van der Waals surface area contributed by atoms with Gasteiger partial charge in [0.2, 0.25) is 0 Å². The molecule has 1 aliphatic heterocycles. The molecule has 114 valence electrons. The van der Waals surface area contributed by atoms with Gasteiger partial charge < -0.3 is 4.90 Å². The van der Waals surface area contributed by atoms with Crippen LogP contribution in [0.4, 0.5) is 0 Å². The van der Waals surface area contributed by atoms with E-state index < -0.39 is 0 Å². The maximum absolute atomic E-state index is 4.66. The Bertz CT molecular complexity index is 526. The van der Waals surface area contributed by atoms with Gasteiger partial charge >= 0.3 is 0 Å². The van der Waals surface area contributed by atoms with Gasteiger partial charge in [-0.25, -0.2) is 0 Å². The van der Waals surface area contributed by atoms with Crippen LogP contribution in [0.15, 0.2) is 41.0 Å². The molecule has 0 aliphatic carbocycles. The fraction of sp³-hybridized carbons (Fsp3) is 0.500. The normalized spacial score (nSPS) is 16.4. The fourth-order valence-electron chi connectivity index (χ4n) is 2.38. The summed E-state index contributed by atoms with van der Waals surface area (Å²) in [6.45, 7) is 7.52. The van der Waals surface area contributed by atoms with Crippen LogP contribution in [-0.2, 0) is 6.42 Å². The molecule has 0 N–H and O–H groups in total. The third-order valence-corrected chi connectivity index (χ3v) is 4.60. The van der Waals surface area contributed by atoms with E-state index in [1.54, 1.807) is 0 Å². The molecule has 0 fully saturated rings. The summed E-state index contributed by atoms with van der Waals surface area (Å²) >= 11 is 2.43. The molecule has 1 heterocycles. The highest BCUT2D eigenvalue weighted by molar-refractivity contribution is 14.1. The van der Waals surface area contributed by atoms with Crippen LogP contribution in [0.5, 0.6) is 0 Å². The second-order valence-electron chi connectivity index (χ2n) is 6.54. The van der Waals surface area contributed by atoms with E-state index in [-0.39, 0.29) is 5.54 Å². The number of allylic oxidation sites excluding steroid dienone is 2. The quantitative estimate of drug-likeness (QED) is 0.396. The number of hydrogen-bond donors (Lipinski definition) is 0. The van der Waals surface area contributed by atoms with Crippen LogP contribution < -0.4 is 0 Å². The SMILES string of the molecule is CC(C)(C)N=CN1CCCC=C1CCc1ccccc1I. The monoisotopic (exact) mass is 396 g/mol. The maximum atomic E-state index is 4.66. The van der Waals surface area contributed by atoms with E-state index in [2.05, 4.69) is 83.6 Å². The molecule has 0 unspecified atom stereocenters. The molecule has 1 aliphatic rings. The van der Waals surface area contributed by atoms with Gasteiger partial charge in [-0.15, -0.1) is 0 Å². The number of aryl methyl sites for hydroxylation is 1. The van der Waals surface area contributed by atoms with Crippen molar-refractivity contribution >= 4 is 28.9 Å². The van der Waals surface area contributed by atoms with Gasteiger partial charge in [0, 0.05) is 15.8 Å². The predicted octanol–water partition coefficient (Wildman–Crippen LogP) is 5.03. The largest absolute Gasteiger partial charge is 0.337 e. The average Bonchev–Trinajstić information content (AvgIpc) is 2.44. The number of halogens is 1. The highest BCUT2D eigenvalue weighted by atomic mass is 127. The summed E-state index contributed by atoms with van der Waals surface area (Å²) in [4.78, 5) is 7.00. The zero-order valence-corrected chi connectivity index (χ0v) is 15.4. The highest BCUT2D eigenvalue weighted by Gasteiger charge is 2.14. The molecule has 2 nitrogen and oxygen atoms in total. The summed E-state index contributed by atoms with van der Waals surface area (Å²) in [5, 5.41) is 0. The van der Waals surface area contributed by atoms with Crippen LogP contribution in [-0.4, -0.2) is 23.3 Å². The Labute approximate surface area is 142 Å². The van der Waals surface area contributed by atoms with E-state index in [0.717, 1.165) is 19.4 Å². The third-order valence-electron chi connectivity index (χ3n) is 3.54. The zero-order valence-electron chi connectivity index (χ0n) is 13.3. The molecule has 0 aromatic heterocycles. The molecule has 0 radical (unpaired) electrons. The Morgan fingerprint density at radius 1 is 1.24 bits per heavy atom. The Hall–Kier alpha value is -0.840. The molecule has 0 saturated heterocycles. The molecule has 0 spiro atoms. The topological polar surface area (TPSA) is 15.6 Å². The maximum Gasteiger partial charge on any atom is 0.0898 e. The minimum absolute atomic E-state index is 0.00261. The van der Waals surface area contributed by atoms with E-state index in [1.165, 1.54) is 27.7 Å². The minimum Gasteiger partial charge on any atom is -0.337 e. The molecule has 0 bridgehead atoms. The first-order chi connectivity index (χ1) is 9.96. The van der Waals surface area contributed by atoms with Gasteiger partial charge in [0.05, 0.1) is 11.9 Å². The van der Waals surface area contributed by atoms with Crippen LogP contribution in [0.1, 0.15) is 45.6 Å². The van der Waals surface area contributed by atoms with Crippen molar-refractivity contribution in [3.8, 4) is 0 Å². The molecule has 1 aromatic rings. The van der Waals surface area contributed by atoms with Gasteiger partial charge in [0.15, 0.2) is 0 Å². The first-order valence-electron chi connectivity index (χ1n) is 7.70. The fourth-order valence-corrected chi connectivity index (χ4v) is 3.03. The standard InChI is InChI=1S/C18H25IN2/c1-18(2,3)20-14-21-13-7-6-9-16(21)12-11-15-8-4-5-10-17(15)19/h4-5,8-10,14H,6-7,11-13H2,1-3H3. The number of rotatable bonds is 4. The van der Waals surface area contributed by atoms with Gasteiger partial charge in [-0.1, -0.05) is 24.3 Å². The Morgan fingerprint density at radius 2 is 2.00 bits per heavy atom. The minimum atomic E-state index is -0.00261. The van der Waals surface area contributed by atoms with E-state index >= 15 is 0 Å². The number of nitrogens with zero attached hydrogens (tertiary/aromatic N) is 2. The lowest BCUT2D eigenvalue weighted by molar-refractivity contribution is 0.451. The number of benzene rings is 1. The van der Waals surface area contributed by atoms with Gasteiger partial charge in [0.1, 0.15) is 0 Å². The van der Waals surface area contributed by atoms with Crippen LogP contribution in [0, 0.1) is 3.57 Å². The van der Waals surface area contributed by atoms with E-state index in [0.29, 0.717) is 0 Å². The summed E-state index contributed by atoms with van der Waals surface area (Å²) in [5.41, 5.74) is 2.86. The molecule has 0 atom stereocenters. The predicted molar refractivity (Wildman–Crippen MR) is 99.7 cm³/mol. The lowest BCUT2D eigenvalue weighted by Gasteiger charge is -2.28. The zero-order chi connectivity index (χ0) is 15.3. The van der Waals surface area contributed by atoms with Gasteiger partial charge in [0.25, 0.3) is 0 Å². The van der Waals surface area contributed by atoms with Crippen molar-refractivity contribution in [1.29, 1.82) is 0 Å².